The Morgan fingerprint density at radius 2 is 1.95 bits per heavy atom. The number of carbonyl (C=O) groups excluding carboxylic acids is 1. The highest BCUT2D eigenvalue weighted by Gasteiger charge is 2.22. The molecule has 0 aliphatic carbocycles. The first-order chi connectivity index (χ1) is 9.10. The van der Waals surface area contributed by atoms with E-state index in [1.807, 2.05) is 11.0 Å². The van der Waals surface area contributed by atoms with Crippen molar-refractivity contribution in [3.63, 3.8) is 0 Å². The Balaban J connectivity index is 1.92. The van der Waals surface area contributed by atoms with Crippen LogP contribution in [0.15, 0.2) is 18.2 Å². The number of aliphatic hydroxyl groups is 1. The summed E-state index contributed by atoms with van der Waals surface area (Å²) in [6.07, 6.45) is 2.11. The average Bonchev–Trinajstić information content (AvgIpc) is 2.43. The van der Waals surface area contributed by atoms with Gasteiger partial charge in [0, 0.05) is 19.7 Å². The van der Waals surface area contributed by atoms with Gasteiger partial charge in [0.05, 0.1) is 16.5 Å². The number of likely N-dealkylation sites (tertiary alicyclic amines) is 1. The Bertz CT molecular complexity index is 457. The fraction of sp³-hybridized carbons (Fsp3) is 0.500. The van der Waals surface area contributed by atoms with Crippen LogP contribution in [-0.2, 0) is 11.2 Å². The van der Waals surface area contributed by atoms with Crippen molar-refractivity contribution in [2.75, 3.05) is 19.7 Å². The van der Waals surface area contributed by atoms with Crippen LogP contribution >= 0.6 is 23.2 Å². The van der Waals surface area contributed by atoms with E-state index < -0.39 is 0 Å². The molecule has 0 atom stereocenters. The first-order valence-electron chi connectivity index (χ1n) is 6.42. The number of benzene rings is 1. The Hall–Kier alpha value is -0.770. The molecule has 0 spiro atoms. The number of hydrogen-bond acceptors (Lipinski definition) is 2. The number of amides is 1. The molecule has 0 bridgehead atoms. The van der Waals surface area contributed by atoms with Crippen molar-refractivity contribution >= 4 is 29.1 Å². The van der Waals surface area contributed by atoms with E-state index in [0.29, 0.717) is 22.4 Å². The first kappa shape index (κ1) is 14.6. The molecule has 3 nitrogen and oxygen atoms in total. The lowest BCUT2D eigenvalue weighted by Crippen LogP contribution is -2.40. The maximum Gasteiger partial charge on any atom is 0.226 e. The molecule has 0 unspecified atom stereocenters. The van der Waals surface area contributed by atoms with E-state index in [1.54, 1.807) is 12.1 Å². The maximum absolute atomic E-state index is 12.1. The smallest absolute Gasteiger partial charge is 0.226 e. The van der Waals surface area contributed by atoms with Crippen molar-refractivity contribution < 1.29 is 9.90 Å². The van der Waals surface area contributed by atoms with Crippen LogP contribution in [0, 0.1) is 5.92 Å². The number of halogens is 2. The Kier molecular flexibility index (Phi) is 5.08. The normalized spacial score (nSPS) is 16.7. The topological polar surface area (TPSA) is 40.5 Å². The van der Waals surface area contributed by atoms with Crippen molar-refractivity contribution in [1.29, 1.82) is 0 Å². The summed E-state index contributed by atoms with van der Waals surface area (Å²) in [4.78, 5) is 14.0. The lowest BCUT2D eigenvalue weighted by Gasteiger charge is -2.31. The molecule has 1 aromatic carbocycles. The molecule has 0 aromatic heterocycles. The van der Waals surface area contributed by atoms with Gasteiger partial charge < -0.3 is 10.0 Å². The Labute approximate surface area is 123 Å². The van der Waals surface area contributed by atoms with Crippen LogP contribution in [0.3, 0.4) is 0 Å². The summed E-state index contributed by atoms with van der Waals surface area (Å²) in [5, 5.41) is 10.1. The van der Waals surface area contributed by atoms with Crippen LogP contribution in [0.25, 0.3) is 0 Å². The van der Waals surface area contributed by atoms with Crippen molar-refractivity contribution in [3.8, 4) is 0 Å². The number of hydrogen-bond donors (Lipinski definition) is 1. The zero-order valence-electron chi connectivity index (χ0n) is 10.6. The van der Waals surface area contributed by atoms with E-state index in [0.717, 1.165) is 31.5 Å². The summed E-state index contributed by atoms with van der Waals surface area (Å²) in [5.41, 5.74) is 0.878. The minimum Gasteiger partial charge on any atom is -0.396 e. The molecule has 1 N–H and O–H groups in total. The molecule has 1 heterocycles. The van der Waals surface area contributed by atoms with Gasteiger partial charge in [-0.2, -0.15) is 0 Å². The summed E-state index contributed by atoms with van der Waals surface area (Å²) in [7, 11) is 0. The fourth-order valence-corrected chi connectivity index (χ4v) is 2.62. The van der Waals surface area contributed by atoms with Gasteiger partial charge in [0.1, 0.15) is 0 Å². The quantitative estimate of drug-likeness (QED) is 0.932. The fourth-order valence-electron chi connectivity index (χ4n) is 2.30. The van der Waals surface area contributed by atoms with Gasteiger partial charge in [0.15, 0.2) is 0 Å². The highest BCUT2D eigenvalue weighted by molar-refractivity contribution is 6.42. The minimum atomic E-state index is 0.106. The lowest BCUT2D eigenvalue weighted by atomic mass is 9.97. The standard InChI is InChI=1S/C14H17Cl2NO2/c15-12-2-1-11(7-13(12)16)8-14(19)17-5-3-10(9-18)4-6-17/h1-2,7,10,18H,3-6,8-9H2. The predicted octanol–water partition coefficient (Wildman–Crippen LogP) is 2.77. The van der Waals surface area contributed by atoms with E-state index >= 15 is 0 Å². The van der Waals surface area contributed by atoms with Gasteiger partial charge in [-0.3, -0.25) is 4.79 Å². The summed E-state index contributed by atoms with van der Waals surface area (Å²) in [5.74, 6) is 0.448. The van der Waals surface area contributed by atoms with Crippen molar-refractivity contribution in [3.05, 3.63) is 33.8 Å². The molecule has 1 aromatic rings. The van der Waals surface area contributed by atoms with Crippen LogP contribution in [-0.4, -0.2) is 35.6 Å². The molecule has 1 aliphatic heterocycles. The third-order valence-corrected chi connectivity index (χ3v) is 4.30. The number of nitrogens with zero attached hydrogens (tertiary/aromatic N) is 1. The van der Waals surface area contributed by atoms with Crippen molar-refractivity contribution in [2.45, 2.75) is 19.3 Å². The van der Waals surface area contributed by atoms with Crippen LogP contribution in [0.1, 0.15) is 18.4 Å². The molecule has 1 aliphatic rings. The second-order valence-corrected chi connectivity index (χ2v) is 5.75. The summed E-state index contributed by atoms with van der Waals surface area (Å²) < 4.78 is 0. The van der Waals surface area contributed by atoms with Crippen LogP contribution < -0.4 is 0 Å². The monoisotopic (exact) mass is 301 g/mol. The van der Waals surface area contributed by atoms with E-state index in [9.17, 15) is 4.79 Å². The summed E-state index contributed by atoms with van der Waals surface area (Å²) in [6, 6.07) is 5.28. The van der Waals surface area contributed by atoms with E-state index in [1.165, 1.54) is 0 Å². The molecule has 19 heavy (non-hydrogen) atoms. The van der Waals surface area contributed by atoms with Gasteiger partial charge in [-0.1, -0.05) is 29.3 Å². The highest BCUT2D eigenvalue weighted by atomic mass is 35.5. The zero-order valence-corrected chi connectivity index (χ0v) is 12.1. The summed E-state index contributed by atoms with van der Waals surface area (Å²) in [6.45, 7) is 1.67. The van der Waals surface area contributed by atoms with Gasteiger partial charge in [-0.25, -0.2) is 0 Å². The first-order valence-corrected chi connectivity index (χ1v) is 7.18. The van der Waals surface area contributed by atoms with Gasteiger partial charge in [-0.05, 0) is 36.5 Å². The molecule has 1 fully saturated rings. The number of aliphatic hydroxyl groups excluding tert-OH is 1. The molecule has 2 rings (SSSR count). The van der Waals surface area contributed by atoms with Gasteiger partial charge in [0.25, 0.3) is 0 Å². The zero-order chi connectivity index (χ0) is 13.8. The minimum absolute atomic E-state index is 0.106. The van der Waals surface area contributed by atoms with Gasteiger partial charge >= 0.3 is 0 Å². The second kappa shape index (κ2) is 6.60. The van der Waals surface area contributed by atoms with Crippen molar-refractivity contribution in [1.82, 2.24) is 4.90 Å². The SMILES string of the molecule is O=C(Cc1ccc(Cl)c(Cl)c1)N1CCC(CO)CC1. The molecule has 1 saturated heterocycles. The largest absolute Gasteiger partial charge is 0.396 e. The molecule has 0 radical (unpaired) electrons. The predicted molar refractivity (Wildman–Crippen MR) is 76.6 cm³/mol. The maximum atomic E-state index is 12.1. The molecule has 104 valence electrons. The highest BCUT2D eigenvalue weighted by Crippen LogP contribution is 2.23. The molecule has 0 saturated carbocycles. The number of piperidine rings is 1. The number of carbonyl (C=O) groups is 1. The Morgan fingerprint density at radius 3 is 2.53 bits per heavy atom. The molecular formula is C14H17Cl2NO2. The van der Waals surface area contributed by atoms with E-state index in [-0.39, 0.29) is 12.5 Å². The van der Waals surface area contributed by atoms with Crippen LogP contribution in [0.4, 0.5) is 0 Å². The molecular weight excluding hydrogens is 285 g/mol. The third kappa shape index (κ3) is 3.85. The lowest BCUT2D eigenvalue weighted by molar-refractivity contribution is -0.132. The number of rotatable bonds is 3. The van der Waals surface area contributed by atoms with E-state index in [4.69, 9.17) is 28.3 Å². The van der Waals surface area contributed by atoms with Crippen LogP contribution in [0.5, 0.6) is 0 Å². The van der Waals surface area contributed by atoms with Crippen LogP contribution in [0.2, 0.25) is 10.0 Å². The van der Waals surface area contributed by atoms with E-state index in [2.05, 4.69) is 0 Å². The second-order valence-electron chi connectivity index (χ2n) is 4.93. The molecule has 1 amide bonds. The third-order valence-electron chi connectivity index (χ3n) is 3.56. The average molecular weight is 302 g/mol. The summed E-state index contributed by atoms with van der Waals surface area (Å²) >= 11 is 11.8. The Morgan fingerprint density at radius 1 is 1.26 bits per heavy atom. The van der Waals surface area contributed by atoms with Crippen molar-refractivity contribution in [2.24, 2.45) is 5.92 Å². The molecule has 5 heteroatoms. The van der Waals surface area contributed by atoms with Gasteiger partial charge in [-0.15, -0.1) is 0 Å². The van der Waals surface area contributed by atoms with Gasteiger partial charge in [0.2, 0.25) is 5.91 Å².